The van der Waals surface area contributed by atoms with E-state index in [0.29, 0.717) is 0 Å². The summed E-state index contributed by atoms with van der Waals surface area (Å²) in [5.41, 5.74) is 1.33. The molecule has 0 aliphatic rings. The molecule has 1 unspecified atom stereocenters. The molecular weight excluding hydrogens is 224 g/mol. The first-order valence-corrected chi connectivity index (χ1v) is 6.20. The van der Waals surface area contributed by atoms with Crippen LogP contribution in [0.2, 0.25) is 0 Å². The van der Waals surface area contributed by atoms with Gasteiger partial charge in [0.15, 0.2) is 0 Å². The standard InChI is InChI=1S/C14H20N4/c1-14(2,3)16-9-13(18-11-15-10-17-18)12-7-5-4-6-8-12/h4-8,10-11,13,16H,9H2,1-3H3. The Bertz CT molecular complexity index is 456. The van der Waals surface area contributed by atoms with Gasteiger partial charge in [0, 0.05) is 12.1 Å². The molecule has 0 fully saturated rings. The Morgan fingerprint density at radius 2 is 1.94 bits per heavy atom. The minimum atomic E-state index is 0.0909. The fraction of sp³-hybridized carbons (Fsp3) is 0.429. The van der Waals surface area contributed by atoms with Crippen LogP contribution in [0, 0.1) is 0 Å². The molecule has 1 N–H and O–H groups in total. The fourth-order valence-corrected chi connectivity index (χ4v) is 1.82. The van der Waals surface area contributed by atoms with Gasteiger partial charge in [-0.1, -0.05) is 30.3 Å². The molecule has 96 valence electrons. The second kappa shape index (κ2) is 5.31. The summed E-state index contributed by atoms with van der Waals surface area (Å²) in [4.78, 5) is 4.04. The quantitative estimate of drug-likeness (QED) is 0.897. The molecule has 1 heterocycles. The van der Waals surface area contributed by atoms with E-state index in [-0.39, 0.29) is 11.6 Å². The molecule has 4 nitrogen and oxygen atoms in total. The maximum Gasteiger partial charge on any atom is 0.137 e. The number of benzene rings is 1. The largest absolute Gasteiger partial charge is 0.310 e. The van der Waals surface area contributed by atoms with E-state index < -0.39 is 0 Å². The van der Waals surface area contributed by atoms with Crippen molar-refractivity contribution in [1.29, 1.82) is 0 Å². The molecule has 1 aromatic carbocycles. The Balaban J connectivity index is 2.19. The summed E-state index contributed by atoms with van der Waals surface area (Å²) in [6, 6.07) is 10.5. The Morgan fingerprint density at radius 3 is 2.50 bits per heavy atom. The SMILES string of the molecule is CC(C)(C)NCC(c1ccccc1)n1cncn1. The summed E-state index contributed by atoms with van der Waals surface area (Å²) in [5.74, 6) is 0. The molecule has 0 amide bonds. The van der Waals surface area contributed by atoms with Gasteiger partial charge in [-0.3, -0.25) is 0 Å². The first-order valence-electron chi connectivity index (χ1n) is 6.20. The smallest absolute Gasteiger partial charge is 0.137 e. The predicted molar refractivity (Wildman–Crippen MR) is 72.4 cm³/mol. The van der Waals surface area contributed by atoms with Gasteiger partial charge in [0.1, 0.15) is 12.7 Å². The van der Waals surface area contributed by atoms with Crippen molar-refractivity contribution in [2.75, 3.05) is 6.54 Å². The minimum Gasteiger partial charge on any atom is -0.310 e. The number of hydrogen-bond acceptors (Lipinski definition) is 3. The molecule has 0 aliphatic carbocycles. The lowest BCUT2D eigenvalue weighted by Gasteiger charge is -2.25. The zero-order chi connectivity index (χ0) is 13.0. The predicted octanol–water partition coefficient (Wildman–Crippen LogP) is 2.26. The van der Waals surface area contributed by atoms with Crippen molar-refractivity contribution in [3.8, 4) is 0 Å². The Kier molecular flexibility index (Phi) is 3.77. The molecule has 0 saturated carbocycles. The molecule has 18 heavy (non-hydrogen) atoms. The maximum atomic E-state index is 4.26. The van der Waals surface area contributed by atoms with Crippen LogP contribution in [0.5, 0.6) is 0 Å². The van der Waals surface area contributed by atoms with Crippen molar-refractivity contribution in [3.05, 3.63) is 48.5 Å². The van der Waals surface area contributed by atoms with Crippen LogP contribution in [0.3, 0.4) is 0 Å². The van der Waals surface area contributed by atoms with E-state index in [1.807, 2.05) is 10.7 Å². The molecule has 0 spiro atoms. The average molecular weight is 244 g/mol. The number of nitrogens with one attached hydrogen (secondary N) is 1. The van der Waals surface area contributed by atoms with Gasteiger partial charge in [-0.05, 0) is 26.3 Å². The third-order valence-corrected chi connectivity index (χ3v) is 2.77. The summed E-state index contributed by atoms with van der Waals surface area (Å²) in [7, 11) is 0. The van der Waals surface area contributed by atoms with E-state index in [9.17, 15) is 0 Å². The highest BCUT2D eigenvalue weighted by Crippen LogP contribution is 2.16. The summed E-state index contributed by atoms with van der Waals surface area (Å²) in [5, 5.41) is 7.78. The molecule has 1 atom stereocenters. The van der Waals surface area contributed by atoms with Crippen LogP contribution >= 0.6 is 0 Å². The van der Waals surface area contributed by atoms with Gasteiger partial charge in [-0.25, -0.2) is 9.67 Å². The molecule has 2 aromatic rings. The van der Waals surface area contributed by atoms with Crippen LogP contribution in [0.25, 0.3) is 0 Å². The lowest BCUT2D eigenvalue weighted by molar-refractivity contribution is 0.377. The molecule has 1 aromatic heterocycles. The van der Waals surface area contributed by atoms with Crippen molar-refractivity contribution in [3.63, 3.8) is 0 Å². The molecule has 0 radical (unpaired) electrons. The van der Waals surface area contributed by atoms with Crippen LogP contribution < -0.4 is 5.32 Å². The van der Waals surface area contributed by atoms with Crippen LogP contribution in [-0.2, 0) is 0 Å². The lowest BCUT2D eigenvalue weighted by atomic mass is 10.0. The molecule has 0 aliphatic heterocycles. The Hall–Kier alpha value is -1.68. The van der Waals surface area contributed by atoms with Gasteiger partial charge in [-0.15, -0.1) is 0 Å². The van der Waals surface area contributed by atoms with Crippen LogP contribution in [0.1, 0.15) is 32.4 Å². The summed E-state index contributed by atoms with van der Waals surface area (Å²) >= 11 is 0. The van der Waals surface area contributed by atoms with Crippen LogP contribution in [-0.4, -0.2) is 26.8 Å². The topological polar surface area (TPSA) is 42.7 Å². The Morgan fingerprint density at radius 1 is 1.22 bits per heavy atom. The third kappa shape index (κ3) is 3.40. The van der Waals surface area contributed by atoms with Crippen LogP contribution in [0.4, 0.5) is 0 Å². The first kappa shape index (κ1) is 12.8. The number of nitrogens with zero attached hydrogens (tertiary/aromatic N) is 3. The minimum absolute atomic E-state index is 0.0909. The summed E-state index contributed by atoms with van der Waals surface area (Å²) < 4.78 is 1.90. The van der Waals surface area contributed by atoms with E-state index in [1.165, 1.54) is 5.56 Å². The third-order valence-electron chi connectivity index (χ3n) is 2.77. The lowest BCUT2D eigenvalue weighted by Crippen LogP contribution is -2.40. The second-order valence-corrected chi connectivity index (χ2v) is 5.43. The number of rotatable bonds is 4. The van der Waals surface area contributed by atoms with Crippen molar-refractivity contribution in [2.45, 2.75) is 32.4 Å². The zero-order valence-electron chi connectivity index (χ0n) is 11.2. The average Bonchev–Trinajstić information content (AvgIpc) is 2.83. The summed E-state index contributed by atoms with van der Waals surface area (Å²) in [6.45, 7) is 7.32. The van der Waals surface area contributed by atoms with Gasteiger partial charge >= 0.3 is 0 Å². The van der Waals surface area contributed by atoms with Gasteiger partial charge in [-0.2, -0.15) is 5.10 Å². The highest BCUT2D eigenvalue weighted by Gasteiger charge is 2.17. The molecule has 0 bridgehead atoms. The fourth-order valence-electron chi connectivity index (χ4n) is 1.82. The molecular formula is C14H20N4. The first-order chi connectivity index (χ1) is 8.56. The number of aromatic nitrogens is 3. The highest BCUT2D eigenvalue weighted by molar-refractivity contribution is 5.19. The van der Waals surface area contributed by atoms with E-state index in [2.05, 4.69) is 60.4 Å². The van der Waals surface area contributed by atoms with Crippen molar-refractivity contribution >= 4 is 0 Å². The molecule has 0 saturated heterocycles. The van der Waals surface area contributed by atoms with Crippen molar-refractivity contribution in [2.24, 2.45) is 0 Å². The van der Waals surface area contributed by atoms with E-state index >= 15 is 0 Å². The van der Waals surface area contributed by atoms with Gasteiger partial charge in [0.05, 0.1) is 6.04 Å². The maximum absolute atomic E-state index is 4.26. The monoisotopic (exact) mass is 244 g/mol. The summed E-state index contributed by atoms with van der Waals surface area (Å²) in [6.07, 6.45) is 3.34. The van der Waals surface area contributed by atoms with Crippen LogP contribution in [0.15, 0.2) is 43.0 Å². The van der Waals surface area contributed by atoms with E-state index in [0.717, 1.165) is 6.54 Å². The number of hydrogen-bond donors (Lipinski definition) is 1. The molecule has 2 rings (SSSR count). The van der Waals surface area contributed by atoms with Gasteiger partial charge in [0.2, 0.25) is 0 Å². The van der Waals surface area contributed by atoms with Crippen molar-refractivity contribution < 1.29 is 0 Å². The van der Waals surface area contributed by atoms with E-state index in [4.69, 9.17) is 0 Å². The highest BCUT2D eigenvalue weighted by atomic mass is 15.3. The van der Waals surface area contributed by atoms with E-state index in [1.54, 1.807) is 12.7 Å². The van der Waals surface area contributed by atoms with Gasteiger partial charge in [0.25, 0.3) is 0 Å². The normalized spacial score (nSPS) is 13.5. The Labute approximate surface area is 108 Å². The molecule has 4 heteroatoms. The second-order valence-electron chi connectivity index (χ2n) is 5.43. The zero-order valence-corrected chi connectivity index (χ0v) is 11.2. The van der Waals surface area contributed by atoms with Crippen molar-refractivity contribution in [1.82, 2.24) is 20.1 Å². The van der Waals surface area contributed by atoms with Gasteiger partial charge < -0.3 is 5.32 Å².